The zero-order chi connectivity index (χ0) is 14.9. The first-order chi connectivity index (χ1) is 9.42. The Morgan fingerprint density at radius 2 is 1.85 bits per heavy atom. The number of nitrogens with zero attached hydrogens (tertiary/aromatic N) is 2. The van der Waals surface area contributed by atoms with Gasteiger partial charge in [0, 0.05) is 5.71 Å². The number of hydrogen-bond donors (Lipinski definition) is 0. The molecule has 0 saturated heterocycles. The quantitative estimate of drug-likeness (QED) is 0.794. The number of hydrazone groups is 1. The number of methoxy groups -OCH3 is 1. The van der Waals surface area contributed by atoms with Crippen molar-refractivity contribution < 1.29 is 14.3 Å². The summed E-state index contributed by atoms with van der Waals surface area (Å²) in [5.41, 5.74) is 3.51. The summed E-state index contributed by atoms with van der Waals surface area (Å²) in [6, 6.07) is 5.84. The van der Waals surface area contributed by atoms with Crippen molar-refractivity contribution in [2.45, 2.75) is 27.2 Å². The Morgan fingerprint density at radius 3 is 2.40 bits per heavy atom. The number of ether oxygens (including phenoxy) is 1. The first kappa shape index (κ1) is 14.2. The molecular weight excluding hydrogens is 256 g/mol. The van der Waals surface area contributed by atoms with Crippen molar-refractivity contribution in [3.63, 3.8) is 0 Å². The minimum Gasteiger partial charge on any atom is -0.469 e. The van der Waals surface area contributed by atoms with E-state index in [1.165, 1.54) is 12.1 Å². The highest BCUT2D eigenvalue weighted by Gasteiger charge is 2.36. The van der Waals surface area contributed by atoms with Gasteiger partial charge in [0.1, 0.15) is 0 Å². The van der Waals surface area contributed by atoms with Crippen LogP contribution in [0.15, 0.2) is 23.3 Å². The van der Waals surface area contributed by atoms with Gasteiger partial charge in [-0.2, -0.15) is 5.10 Å². The van der Waals surface area contributed by atoms with Gasteiger partial charge in [-0.25, -0.2) is 5.01 Å². The zero-order valence-electron chi connectivity index (χ0n) is 12.1. The van der Waals surface area contributed by atoms with Gasteiger partial charge in [0.2, 0.25) is 0 Å². The second kappa shape index (κ2) is 5.45. The Morgan fingerprint density at radius 1 is 1.25 bits per heavy atom. The second-order valence-electron chi connectivity index (χ2n) is 5.07. The number of hydrogen-bond acceptors (Lipinski definition) is 4. The number of anilines is 1. The van der Waals surface area contributed by atoms with Crippen LogP contribution in [-0.2, 0) is 14.3 Å². The largest absolute Gasteiger partial charge is 0.469 e. The average molecular weight is 274 g/mol. The summed E-state index contributed by atoms with van der Waals surface area (Å²) < 4.78 is 4.62. The lowest BCUT2D eigenvalue weighted by Gasteiger charge is -2.15. The number of benzene rings is 1. The van der Waals surface area contributed by atoms with Crippen molar-refractivity contribution in [2.75, 3.05) is 12.1 Å². The summed E-state index contributed by atoms with van der Waals surface area (Å²) in [7, 11) is 1.32. The first-order valence-corrected chi connectivity index (χ1v) is 6.46. The van der Waals surface area contributed by atoms with Crippen LogP contribution in [0.3, 0.4) is 0 Å². The third kappa shape index (κ3) is 2.71. The molecule has 106 valence electrons. The Bertz CT molecular complexity index is 573. The molecule has 1 aliphatic heterocycles. The van der Waals surface area contributed by atoms with E-state index >= 15 is 0 Å². The lowest BCUT2D eigenvalue weighted by atomic mass is 10.0. The van der Waals surface area contributed by atoms with E-state index in [4.69, 9.17) is 0 Å². The number of esters is 1. The van der Waals surface area contributed by atoms with Gasteiger partial charge in [-0.1, -0.05) is 6.07 Å². The Labute approximate surface area is 118 Å². The van der Waals surface area contributed by atoms with E-state index in [-0.39, 0.29) is 12.3 Å². The van der Waals surface area contributed by atoms with Crippen molar-refractivity contribution >= 4 is 23.3 Å². The topological polar surface area (TPSA) is 59.0 Å². The van der Waals surface area contributed by atoms with E-state index in [1.807, 2.05) is 32.0 Å². The zero-order valence-corrected chi connectivity index (χ0v) is 12.1. The molecule has 1 amide bonds. The molecule has 1 aromatic carbocycles. The van der Waals surface area contributed by atoms with Gasteiger partial charge in [-0.3, -0.25) is 9.59 Å². The van der Waals surface area contributed by atoms with Gasteiger partial charge >= 0.3 is 5.97 Å². The minimum absolute atomic E-state index is 0.0337. The maximum Gasteiger partial charge on any atom is 0.306 e. The molecule has 0 spiro atoms. The molecular formula is C15H18N2O3. The molecule has 1 unspecified atom stereocenters. The van der Waals surface area contributed by atoms with Crippen LogP contribution in [0.4, 0.5) is 5.69 Å². The van der Waals surface area contributed by atoms with Crippen LogP contribution in [0.5, 0.6) is 0 Å². The maximum atomic E-state index is 12.4. The SMILES string of the molecule is COC(=O)CC1C(=O)N(c2cc(C)cc(C)c2)N=C1C. The maximum absolute atomic E-state index is 12.4. The molecule has 0 aliphatic carbocycles. The molecule has 0 fully saturated rings. The van der Waals surface area contributed by atoms with Crippen LogP contribution < -0.4 is 5.01 Å². The van der Waals surface area contributed by atoms with Gasteiger partial charge in [0.05, 0.1) is 25.1 Å². The predicted molar refractivity (Wildman–Crippen MR) is 76.6 cm³/mol. The van der Waals surface area contributed by atoms with E-state index in [2.05, 4.69) is 9.84 Å². The molecule has 0 aromatic heterocycles. The summed E-state index contributed by atoms with van der Waals surface area (Å²) in [6.45, 7) is 5.70. The Kier molecular flexibility index (Phi) is 3.88. The third-order valence-electron chi connectivity index (χ3n) is 3.32. The highest BCUT2D eigenvalue weighted by molar-refractivity contribution is 6.16. The molecule has 0 radical (unpaired) electrons. The van der Waals surface area contributed by atoms with Crippen LogP contribution in [0, 0.1) is 19.8 Å². The fourth-order valence-electron chi connectivity index (χ4n) is 2.35. The molecule has 1 heterocycles. The lowest BCUT2D eigenvalue weighted by molar-refractivity contribution is -0.142. The number of aryl methyl sites for hydroxylation is 2. The van der Waals surface area contributed by atoms with E-state index < -0.39 is 11.9 Å². The molecule has 1 aliphatic rings. The van der Waals surface area contributed by atoms with Crippen LogP contribution in [0.25, 0.3) is 0 Å². The number of carbonyl (C=O) groups is 2. The number of rotatable bonds is 3. The van der Waals surface area contributed by atoms with Crippen molar-refractivity contribution in [1.82, 2.24) is 0 Å². The predicted octanol–water partition coefficient (Wildman–Crippen LogP) is 2.21. The molecule has 5 nitrogen and oxygen atoms in total. The summed E-state index contributed by atoms with van der Waals surface area (Å²) in [4.78, 5) is 23.8. The molecule has 5 heteroatoms. The first-order valence-electron chi connectivity index (χ1n) is 6.46. The fourth-order valence-corrected chi connectivity index (χ4v) is 2.35. The molecule has 0 N–H and O–H groups in total. The second-order valence-corrected chi connectivity index (χ2v) is 5.07. The monoisotopic (exact) mass is 274 g/mol. The molecule has 1 atom stereocenters. The van der Waals surface area contributed by atoms with Crippen LogP contribution >= 0.6 is 0 Å². The van der Waals surface area contributed by atoms with Crippen LogP contribution in [-0.4, -0.2) is 24.7 Å². The van der Waals surface area contributed by atoms with Crippen molar-refractivity contribution in [1.29, 1.82) is 0 Å². The Hall–Kier alpha value is -2.17. The molecule has 1 aromatic rings. The lowest BCUT2D eigenvalue weighted by Crippen LogP contribution is -2.29. The van der Waals surface area contributed by atoms with E-state index in [0.717, 1.165) is 16.8 Å². The van der Waals surface area contributed by atoms with Gasteiger partial charge in [0.25, 0.3) is 5.91 Å². The highest BCUT2D eigenvalue weighted by atomic mass is 16.5. The van der Waals surface area contributed by atoms with E-state index in [1.54, 1.807) is 6.92 Å². The third-order valence-corrected chi connectivity index (χ3v) is 3.32. The van der Waals surface area contributed by atoms with E-state index in [9.17, 15) is 9.59 Å². The fraction of sp³-hybridized carbons (Fsp3) is 0.400. The van der Waals surface area contributed by atoms with Gasteiger partial charge in [0.15, 0.2) is 0 Å². The number of amides is 1. The van der Waals surface area contributed by atoms with Gasteiger partial charge in [-0.15, -0.1) is 0 Å². The van der Waals surface area contributed by atoms with Crippen molar-refractivity contribution in [2.24, 2.45) is 11.0 Å². The number of carbonyl (C=O) groups excluding carboxylic acids is 2. The molecule has 20 heavy (non-hydrogen) atoms. The summed E-state index contributed by atoms with van der Waals surface area (Å²) in [6.07, 6.45) is 0.0337. The normalized spacial score (nSPS) is 18.2. The minimum atomic E-state index is -0.525. The highest BCUT2D eigenvalue weighted by Crippen LogP contribution is 2.27. The van der Waals surface area contributed by atoms with Crippen molar-refractivity contribution in [3.05, 3.63) is 29.3 Å². The Balaban J connectivity index is 2.27. The van der Waals surface area contributed by atoms with Crippen molar-refractivity contribution in [3.8, 4) is 0 Å². The smallest absolute Gasteiger partial charge is 0.306 e. The average Bonchev–Trinajstić information content (AvgIpc) is 2.65. The molecule has 0 bridgehead atoms. The van der Waals surface area contributed by atoms with Gasteiger partial charge in [-0.05, 0) is 44.0 Å². The molecule has 0 saturated carbocycles. The summed E-state index contributed by atoms with van der Waals surface area (Å²) in [5.74, 6) is -1.11. The van der Waals surface area contributed by atoms with Gasteiger partial charge < -0.3 is 4.74 Å². The van der Waals surface area contributed by atoms with E-state index in [0.29, 0.717) is 5.71 Å². The summed E-state index contributed by atoms with van der Waals surface area (Å²) >= 11 is 0. The summed E-state index contributed by atoms with van der Waals surface area (Å²) in [5, 5.41) is 5.66. The van der Waals surface area contributed by atoms with Crippen LogP contribution in [0.2, 0.25) is 0 Å². The van der Waals surface area contributed by atoms with Crippen LogP contribution in [0.1, 0.15) is 24.5 Å². The standard InChI is InChI=1S/C15H18N2O3/c1-9-5-10(2)7-12(6-9)17-15(19)13(11(3)16-17)8-14(18)20-4/h5-7,13H,8H2,1-4H3. The molecule has 2 rings (SSSR count).